The number of benzene rings is 2. The predicted octanol–water partition coefficient (Wildman–Crippen LogP) is 4.42. The van der Waals surface area contributed by atoms with Crippen LogP contribution >= 0.6 is 0 Å². The molecule has 0 bridgehead atoms. The van der Waals surface area contributed by atoms with E-state index in [1.807, 2.05) is 69.3 Å². The lowest BCUT2D eigenvalue weighted by Crippen LogP contribution is -2.56. The highest BCUT2D eigenvalue weighted by molar-refractivity contribution is 5.96. The zero-order chi connectivity index (χ0) is 35.3. The molecule has 2 aromatic carbocycles. The van der Waals surface area contributed by atoms with Gasteiger partial charge in [0.25, 0.3) is 0 Å². The Morgan fingerprint density at radius 3 is 1.89 bits per heavy atom. The minimum absolute atomic E-state index is 0.0281. The number of alkyl carbamates (subject to hydrolysis) is 1. The number of aryl methyl sites for hydroxylation is 2. The number of primary amides is 1. The molecule has 0 aliphatic heterocycles. The lowest BCUT2D eigenvalue weighted by atomic mass is 9.92. The fourth-order valence-electron chi connectivity index (χ4n) is 5.53. The van der Waals surface area contributed by atoms with Crippen LogP contribution in [-0.2, 0) is 35.1 Å². The van der Waals surface area contributed by atoms with Gasteiger partial charge in [0.1, 0.15) is 29.3 Å². The van der Waals surface area contributed by atoms with Crippen molar-refractivity contribution in [1.82, 2.24) is 15.5 Å². The topological polar surface area (TPSA) is 157 Å². The van der Waals surface area contributed by atoms with Crippen molar-refractivity contribution in [2.75, 3.05) is 0 Å². The lowest BCUT2D eigenvalue weighted by Gasteiger charge is -2.37. The van der Waals surface area contributed by atoms with Crippen molar-refractivity contribution in [2.24, 2.45) is 11.7 Å². The van der Waals surface area contributed by atoms with E-state index in [9.17, 15) is 24.0 Å². The van der Waals surface area contributed by atoms with E-state index >= 15 is 0 Å². The van der Waals surface area contributed by atoms with Gasteiger partial charge in [-0.2, -0.15) is 0 Å². The van der Waals surface area contributed by atoms with E-state index in [1.165, 1.54) is 4.90 Å². The summed E-state index contributed by atoms with van der Waals surface area (Å²) in [5.41, 5.74) is 6.74. The maximum absolute atomic E-state index is 14.6. The smallest absolute Gasteiger partial charge is 0.408 e. The molecule has 4 N–H and O–H groups in total. The Morgan fingerprint density at radius 2 is 1.40 bits per heavy atom. The van der Waals surface area contributed by atoms with Crippen LogP contribution in [-0.4, -0.2) is 64.0 Å². The molecule has 11 heteroatoms. The second kappa shape index (κ2) is 15.0. The standard InChI is InChI=1S/C36H50N4O7/c1-21-14-13-15-22(2)29(21)30(31(42)38-26(33(44)46-35(4,5)6)19-24-16-11-10-12-17-24)40(27-18-23(27)3)32(43)25(20-28(37)41)39-34(45)47-36(7,8)9/h10-17,23,25-27,30H,18-20H2,1-9H3,(H2,37,41)(H,38,42)(H,39,45). The number of carbonyl (C=O) groups is 5. The number of hydrogen-bond acceptors (Lipinski definition) is 7. The Bertz CT molecular complexity index is 1440. The van der Waals surface area contributed by atoms with Crippen LogP contribution in [0.1, 0.15) is 89.6 Å². The summed E-state index contributed by atoms with van der Waals surface area (Å²) in [5, 5.41) is 5.43. The monoisotopic (exact) mass is 650 g/mol. The number of rotatable bonds is 12. The van der Waals surface area contributed by atoms with Crippen molar-refractivity contribution < 1.29 is 33.4 Å². The van der Waals surface area contributed by atoms with Crippen LogP contribution in [0, 0.1) is 19.8 Å². The van der Waals surface area contributed by atoms with Crippen LogP contribution in [0.25, 0.3) is 0 Å². The number of nitrogens with two attached hydrogens (primary N) is 1. The fourth-order valence-corrected chi connectivity index (χ4v) is 5.53. The molecule has 0 aromatic heterocycles. The van der Waals surface area contributed by atoms with Crippen molar-refractivity contribution in [3.8, 4) is 0 Å². The van der Waals surface area contributed by atoms with Crippen molar-refractivity contribution >= 4 is 29.8 Å². The molecule has 0 spiro atoms. The summed E-state index contributed by atoms with van der Waals surface area (Å²) in [6, 6.07) is 10.7. The minimum atomic E-state index is -1.40. The van der Waals surface area contributed by atoms with Crippen molar-refractivity contribution in [3.05, 3.63) is 70.8 Å². The van der Waals surface area contributed by atoms with Gasteiger partial charge in [0.15, 0.2) is 0 Å². The summed E-state index contributed by atoms with van der Waals surface area (Å²) in [6.07, 6.45) is -0.665. The maximum atomic E-state index is 14.6. The third kappa shape index (κ3) is 10.8. The fraction of sp³-hybridized carbons (Fsp3) is 0.528. The van der Waals surface area contributed by atoms with Crippen LogP contribution in [0.15, 0.2) is 48.5 Å². The molecule has 47 heavy (non-hydrogen) atoms. The van der Waals surface area contributed by atoms with Crippen molar-refractivity contribution in [2.45, 2.75) is 117 Å². The van der Waals surface area contributed by atoms with E-state index in [0.29, 0.717) is 12.0 Å². The molecule has 2 aromatic rings. The second-order valence-electron chi connectivity index (χ2n) is 14.4. The van der Waals surface area contributed by atoms with Gasteiger partial charge in [-0.1, -0.05) is 55.5 Å². The Balaban J connectivity index is 2.12. The van der Waals surface area contributed by atoms with Gasteiger partial charge in [-0.05, 0) is 90.0 Å². The molecule has 256 valence electrons. The molecule has 1 aliphatic carbocycles. The zero-order valence-electron chi connectivity index (χ0n) is 29.0. The second-order valence-corrected chi connectivity index (χ2v) is 14.4. The maximum Gasteiger partial charge on any atom is 0.408 e. The molecule has 0 radical (unpaired) electrons. The highest BCUT2D eigenvalue weighted by atomic mass is 16.6. The molecule has 5 unspecified atom stereocenters. The van der Waals surface area contributed by atoms with Crippen LogP contribution in [0.4, 0.5) is 4.79 Å². The van der Waals surface area contributed by atoms with Gasteiger partial charge < -0.3 is 30.7 Å². The van der Waals surface area contributed by atoms with Crippen LogP contribution in [0.3, 0.4) is 0 Å². The molecule has 3 rings (SSSR count). The number of nitrogens with one attached hydrogen (secondary N) is 2. The minimum Gasteiger partial charge on any atom is -0.458 e. The number of amides is 4. The Kier molecular flexibility index (Phi) is 11.8. The molecule has 5 atom stereocenters. The molecular weight excluding hydrogens is 600 g/mol. The molecule has 0 saturated heterocycles. The summed E-state index contributed by atoms with van der Waals surface area (Å²) < 4.78 is 11.1. The van der Waals surface area contributed by atoms with E-state index in [1.54, 1.807) is 41.5 Å². The number of esters is 1. The number of ether oxygens (including phenoxy) is 2. The highest BCUT2D eigenvalue weighted by Gasteiger charge is 2.49. The first-order chi connectivity index (χ1) is 21.8. The first-order valence-electron chi connectivity index (χ1n) is 16.0. The number of hydrogen-bond donors (Lipinski definition) is 3. The first-order valence-corrected chi connectivity index (χ1v) is 16.0. The molecule has 0 heterocycles. The quantitative estimate of drug-likeness (QED) is 0.287. The van der Waals surface area contributed by atoms with E-state index in [0.717, 1.165) is 16.7 Å². The van der Waals surface area contributed by atoms with Gasteiger partial charge in [-0.25, -0.2) is 9.59 Å². The number of carbonyl (C=O) groups excluding carboxylic acids is 5. The third-order valence-corrected chi connectivity index (χ3v) is 7.71. The predicted molar refractivity (Wildman–Crippen MR) is 178 cm³/mol. The van der Waals surface area contributed by atoms with E-state index in [-0.39, 0.29) is 18.4 Å². The van der Waals surface area contributed by atoms with Crippen LogP contribution < -0.4 is 16.4 Å². The summed E-state index contributed by atoms with van der Waals surface area (Å²) in [5.74, 6) is -2.67. The molecule has 1 fully saturated rings. The molecular formula is C36H50N4O7. The Hall–Kier alpha value is -4.41. The average Bonchev–Trinajstić information content (AvgIpc) is 3.65. The molecule has 1 aliphatic rings. The SMILES string of the molecule is Cc1cccc(C)c1C(C(=O)NC(Cc1ccccc1)C(=O)OC(C)(C)C)N(C(=O)C(CC(N)=O)NC(=O)OC(C)(C)C)C1CC1C. The summed E-state index contributed by atoms with van der Waals surface area (Å²) >= 11 is 0. The highest BCUT2D eigenvalue weighted by Crippen LogP contribution is 2.42. The van der Waals surface area contributed by atoms with Crippen LogP contribution in [0.5, 0.6) is 0 Å². The number of nitrogens with zero attached hydrogens (tertiary/aromatic N) is 1. The van der Waals surface area contributed by atoms with Gasteiger partial charge in [0.05, 0.1) is 6.42 Å². The summed E-state index contributed by atoms with van der Waals surface area (Å²) in [7, 11) is 0. The molecule has 4 amide bonds. The lowest BCUT2D eigenvalue weighted by molar-refractivity contribution is -0.159. The average molecular weight is 651 g/mol. The normalized spacial score (nSPS) is 17.8. The van der Waals surface area contributed by atoms with Gasteiger partial charge in [-0.3, -0.25) is 14.4 Å². The molecule has 11 nitrogen and oxygen atoms in total. The largest absolute Gasteiger partial charge is 0.458 e. The van der Waals surface area contributed by atoms with E-state index < -0.39 is 65.5 Å². The summed E-state index contributed by atoms with van der Waals surface area (Å²) in [4.78, 5) is 69.1. The van der Waals surface area contributed by atoms with Gasteiger partial charge in [0, 0.05) is 12.5 Å². The van der Waals surface area contributed by atoms with E-state index in [4.69, 9.17) is 15.2 Å². The van der Waals surface area contributed by atoms with Gasteiger partial charge in [0.2, 0.25) is 17.7 Å². The summed E-state index contributed by atoms with van der Waals surface area (Å²) in [6.45, 7) is 15.9. The Labute approximate surface area is 277 Å². The van der Waals surface area contributed by atoms with Gasteiger partial charge in [-0.15, -0.1) is 0 Å². The third-order valence-electron chi connectivity index (χ3n) is 7.71. The Morgan fingerprint density at radius 1 is 0.851 bits per heavy atom. The van der Waals surface area contributed by atoms with Gasteiger partial charge >= 0.3 is 12.1 Å². The van der Waals surface area contributed by atoms with E-state index in [2.05, 4.69) is 10.6 Å². The van der Waals surface area contributed by atoms with Crippen molar-refractivity contribution in [3.63, 3.8) is 0 Å². The zero-order valence-corrected chi connectivity index (χ0v) is 29.0. The van der Waals surface area contributed by atoms with Crippen LogP contribution in [0.2, 0.25) is 0 Å². The molecule has 1 saturated carbocycles. The first kappa shape index (κ1) is 37.1. The van der Waals surface area contributed by atoms with Crippen molar-refractivity contribution in [1.29, 1.82) is 0 Å².